The topological polar surface area (TPSA) is 30.7 Å². The van der Waals surface area contributed by atoms with Crippen LogP contribution >= 0.6 is 0 Å². The summed E-state index contributed by atoms with van der Waals surface area (Å²) in [5.41, 5.74) is 3.97. The van der Waals surface area contributed by atoms with E-state index in [0.717, 1.165) is 22.4 Å². The molecule has 0 radical (unpaired) electrons. The summed E-state index contributed by atoms with van der Waals surface area (Å²) in [4.78, 5) is 4.03. The molecule has 100 valence electrons. The van der Waals surface area contributed by atoms with Crippen molar-refractivity contribution >= 4 is 0 Å². The molecule has 0 aliphatic heterocycles. The van der Waals surface area contributed by atoms with Crippen LogP contribution in [0, 0.1) is 5.82 Å². The summed E-state index contributed by atoms with van der Waals surface area (Å²) in [6, 6.07) is 10.5. The zero-order valence-corrected chi connectivity index (χ0v) is 11.1. The number of halogens is 1. The minimum atomic E-state index is -0.219. The van der Waals surface area contributed by atoms with Gasteiger partial charge in [-0.25, -0.2) is 4.39 Å². The van der Waals surface area contributed by atoms with Gasteiger partial charge in [0.05, 0.1) is 5.69 Å². The second-order valence-corrected chi connectivity index (χ2v) is 4.71. The highest BCUT2D eigenvalue weighted by molar-refractivity contribution is 5.65. The van der Waals surface area contributed by atoms with Crippen molar-refractivity contribution in [2.45, 2.75) is 6.42 Å². The first-order chi connectivity index (χ1) is 9.72. The lowest BCUT2D eigenvalue weighted by atomic mass is 10.0. The fourth-order valence-corrected chi connectivity index (χ4v) is 2.28. The van der Waals surface area contributed by atoms with Gasteiger partial charge in [0.2, 0.25) is 0 Å². The lowest BCUT2D eigenvalue weighted by Gasteiger charge is -2.03. The van der Waals surface area contributed by atoms with E-state index in [2.05, 4.69) is 10.1 Å². The quantitative estimate of drug-likeness (QED) is 0.729. The number of nitrogens with zero attached hydrogens (tertiary/aromatic N) is 3. The first-order valence-electron chi connectivity index (χ1n) is 6.40. The summed E-state index contributed by atoms with van der Waals surface area (Å²) in [7, 11) is 1.89. The summed E-state index contributed by atoms with van der Waals surface area (Å²) in [6.45, 7) is 0. The molecule has 0 saturated carbocycles. The number of aromatic nitrogens is 3. The molecule has 4 heteroatoms. The maximum Gasteiger partial charge on any atom is 0.123 e. The van der Waals surface area contributed by atoms with Gasteiger partial charge in [0.15, 0.2) is 0 Å². The molecule has 2 aromatic heterocycles. The molecule has 0 bridgehead atoms. The Morgan fingerprint density at radius 3 is 2.70 bits per heavy atom. The summed E-state index contributed by atoms with van der Waals surface area (Å²) < 4.78 is 15.0. The molecular weight excluding hydrogens is 253 g/mol. The zero-order chi connectivity index (χ0) is 13.9. The Balaban J connectivity index is 1.98. The largest absolute Gasteiger partial charge is 0.275 e. The lowest BCUT2D eigenvalue weighted by Crippen LogP contribution is -1.94. The zero-order valence-electron chi connectivity index (χ0n) is 11.1. The summed E-state index contributed by atoms with van der Waals surface area (Å²) in [5, 5.41) is 4.49. The van der Waals surface area contributed by atoms with E-state index in [-0.39, 0.29) is 5.82 Å². The van der Waals surface area contributed by atoms with Gasteiger partial charge in [-0.3, -0.25) is 9.67 Å². The Hall–Kier alpha value is -2.49. The minimum Gasteiger partial charge on any atom is -0.275 e. The standard InChI is InChI=1S/C16H14FN3/c1-20-11-15(13-5-7-18-8-6-13)16(19-20)10-12-3-2-4-14(17)9-12/h2-9,11H,10H2,1H3. The maximum absolute atomic E-state index is 13.3. The van der Waals surface area contributed by atoms with Gasteiger partial charge in [-0.1, -0.05) is 12.1 Å². The number of benzene rings is 1. The third-order valence-corrected chi connectivity index (χ3v) is 3.16. The molecule has 3 rings (SSSR count). The van der Waals surface area contributed by atoms with Crippen LogP contribution in [0.1, 0.15) is 11.3 Å². The van der Waals surface area contributed by atoms with Crippen molar-refractivity contribution in [2.24, 2.45) is 7.05 Å². The molecule has 3 nitrogen and oxygen atoms in total. The lowest BCUT2D eigenvalue weighted by molar-refractivity contribution is 0.626. The van der Waals surface area contributed by atoms with Gasteiger partial charge in [0.25, 0.3) is 0 Å². The van der Waals surface area contributed by atoms with Crippen LogP contribution in [0.4, 0.5) is 4.39 Å². The van der Waals surface area contributed by atoms with E-state index in [4.69, 9.17) is 0 Å². The fraction of sp³-hybridized carbons (Fsp3) is 0.125. The third kappa shape index (κ3) is 2.59. The normalized spacial score (nSPS) is 10.7. The molecule has 0 unspecified atom stereocenters. The van der Waals surface area contributed by atoms with Crippen LogP contribution in [0.15, 0.2) is 55.0 Å². The maximum atomic E-state index is 13.3. The molecule has 3 aromatic rings. The highest BCUT2D eigenvalue weighted by Gasteiger charge is 2.10. The molecule has 0 saturated heterocycles. The molecule has 2 heterocycles. The predicted octanol–water partition coefficient (Wildman–Crippen LogP) is 3.21. The van der Waals surface area contributed by atoms with Crippen LogP contribution in [0.3, 0.4) is 0 Å². The van der Waals surface area contributed by atoms with E-state index in [1.165, 1.54) is 6.07 Å². The number of hydrogen-bond acceptors (Lipinski definition) is 2. The SMILES string of the molecule is Cn1cc(-c2ccncc2)c(Cc2cccc(F)c2)n1. The number of pyridine rings is 1. The number of rotatable bonds is 3. The van der Waals surface area contributed by atoms with E-state index in [0.29, 0.717) is 6.42 Å². The molecule has 0 N–H and O–H groups in total. The van der Waals surface area contributed by atoms with Crippen molar-refractivity contribution in [1.82, 2.24) is 14.8 Å². The van der Waals surface area contributed by atoms with Crippen molar-refractivity contribution in [3.63, 3.8) is 0 Å². The Kier molecular flexibility index (Phi) is 3.29. The summed E-state index contributed by atoms with van der Waals surface area (Å²) in [6.07, 6.45) is 6.10. The predicted molar refractivity (Wildman–Crippen MR) is 75.6 cm³/mol. The van der Waals surface area contributed by atoms with Crippen molar-refractivity contribution in [2.75, 3.05) is 0 Å². The second-order valence-electron chi connectivity index (χ2n) is 4.71. The monoisotopic (exact) mass is 267 g/mol. The van der Waals surface area contributed by atoms with Crippen LogP contribution < -0.4 is 0 Å². The average Bonchev–Trinajstić information content (AvgIpc) is 2.80. The second kappa shape index (κ2) is 5.25. The molecule has 0 atom stereocenters. The number of hydrogen-bond donors (Lipinski definition) is 0. The Morgan fingerprint density at radius 1 is 1.15 bits per heavy atom. The molecule has 0 amide bonds. The van der Waals surface area contributed by atoms with Crippen LogP contribution in [0.25, 0.3) is 11.1 Å². The van der Waals surface area contributed by atoms with E-state index < -0.39 is 0 Å². The summed E-state index contributed by atoms with van der Waals surface area (Å²) in [5.74, 6) is -0.219. The van der Waals surface area contributed by atoms with Gasteiger partial charge in [0, 0.05) is 37.6 Å². The smallest absolute Gasteiger partial charge is 0.123 e. The highest BCUT2D eigenvalue weighted by atomic mass is 19.1. The first kappa shape index (κ1) is 12.5. The molecule has 20 heavy (non-hydrogen) atoms. The highest BCUT2D eigenvalue weighted by Crippen LogP contribution is 2.24. The van der Waals surface area contributed by atoms with E-state index >= 15 is 0 Å². The molecule has 0 spiro atoms. The van der Waals surface area contributed by atoms with E-state index in [1.54, 1.807) is 29.2 Å². The van der Waals surface area contributed by atoms with Gasteiger partial charge in [-0.15, -0.1) is 0 Å². The molecule has 0 aliphatic rings. The van der Waals surface area contributed by atoms with Crippen molar-refractivity contribution < 1.29 is 4.39 Å². The van der Waals surface area contributed by atoms with E-state index in [9.17, 15) is 4.39 Å². The van der Waals surface area contributed by atoms with Gasteiger partial charge in [-0.2, -0.15) is 5.10 Å². The van der Waals surface area contributed by atoms with Gasteiger partial charge < -0.3 is 0 Å². The van der Waals surface area contributed by atoms with Crippen molar-refractivity contribution in [3.8, 4) is 11.1 Å². The molecular formula is C16H14FN3. The minimum absolute atomic E-state index is 0.219. The van der Waals surface area contributed by atoms with Crippen LogP contribution in [-0.4, -0.2) is 14.8 Å². The van der Waals surface area contributed by atoms with Crippen LogP contribution in [-0.2, 0) is 13.5 Å². The van der Waals surface area contributed by atoms with Crippen molar-refractivity contribution in [1.29, 1.82) is 0 Å². The van der Waals surface area contributed by atoms with Gasteiger partial charge in [0.1, 0.15) is 5.82 Å². The summed E-state index contributed by atoms with van der Waals surface area (Å²) >= 11 is 0. The third-order valence-electron chi connectivity index (χ3n) is 3.16. The van der Waals surface area contributed by atoms with Crippen molar-refractivity contribution in [3.05, 3.63) is 72.1 Å². The average molecular weight is 267 g/mol. The van der Waals surface area contributed by atoms with Crippen LogP contribution in [0.2, 0.25) is 0 Å². The fourth-order valence-electron chi connectivity index (χ4n) is 2.28. The van der Waals surface area contributed by atoms with Gasteiger partial charge >= 0.3 is 0 Å². The van der Waals surface area contributed by atoms with Crippen LogP contribution in [0.5, 0.6) is 0 Å². The first-order valence-corrected chi connectivity index (χ1v) is 6.40. The Bertz CT molecular complexity index is 720. The molecule has 1 aromatic carbocycles. The Labute approximate surface area is 116 Å². The molecule has 0 aliphatic carbocycles. The van der Waals surface area contributed by atoms with E-state index in [1.807, 2.05) is 31.4 Å². The van der Waals surface area contributed by atoms with Gasteiger partial charge in [-0.05, 0) is 35.4 Å². The number of aryl methyl sites for hydroxylation is 1. The molecule has 0 fully saturated rings. The Morgan fingerprint density at radius 2 is 1.95 bits per heavy atom.